The fraction of sp³-hybridized carbons (Fsp3) is 0.364. The number of halogens is 1. The lowest BCUT2D eigenvalue weighted by atomic mass is 10.1. The second-order valence-corrected chi connectivity index (χ2v) is 3.85. The van der Waals surface area contributed by atoms with Gasteiger partial charge in [0.15, 0.2) is 0 Å². The molecule has 1 amide bonds. The van der Waals surface area contributed by atoms with Gasteiger partial charge < -0.3 is 15.8 Å². The van der Waals surface area contributed by atoms with Gasteiger partial charge >= 0.3 is 6.09 Å². The molecule has 16 heavy (non-hydrogen) atoms. The Kier molecular flexibility index (Phi) is 4.58. The van der Waals surface area contributed by atoms with Gasteiger partial charge in [-0.05, 0) is 37.1 Å². The second kappa shape index (κ2) is 5.72. The average Bonchev–Trinajstić information content (AvgIpc) is 2.23. The minimum Gasteiger partial charge on any atom is -0.410 e. The van der Waals surface area contributed by atoms with E-state index in [1.54, 1.807) is 12.1 Å². The minimum atomic E-state index is -0.508. The predicted molar refractivity (Wildman–Crippen MR) is 64.0 cm³/mol. The summed E-state index contributed by atoms with van der Waals surface area (Å²) in [7, 11) is 0. The average molecular weight is 243 g/mol. The maximum absolute atomic E-state index is 11.3. The number of benzene rings is 1. The van der Waals surface area contributed by atoms with E-state index in [4.69, 9.17) is 22.1 Å². The van der Waals surface area contributed by atoms with Crippen LogP contribution in [0.25, 0.3) is 0 Å². The van der Waals surface area contributed by atoms with Gasteiger partial charge in [0.25, 0.3) is 0 Å². The van der Waals surface area contributed by atoms with Crippen LogP contribution in [-0.4, -0.2) is 19.2 Å². The molecule has 0 heterocycles. The van der Waals surface area contributed by atoms with Crippen LogP contribution in [0.4, 0.5) is 4.79 Å². The first kappa shape index (κ1) is 12.8. The molecule has 0 bridgehead atoms. The number of rotatable bonds is 3. The summed E-state index contributed by atoms with van der Waals surface area (Å²) in [5.74, 6) is 0.480. The van der Waals surface area contributed by atoms with E-state index >= 15 is 0 Å². The number of nitrogens with one attached hydrogen (secondary N) is 1. The summed E-state index contributed by atoms with van der Waals surface area (Å²) in [6, 6.07) is 3.44. The van der Waals surface area contributed by atoms with Crippen LogP contribution < -0.4 is 15.8 Å². The summed E-state index contributed by atoms with van der Waals surface area (Å²) in [5.41, 5.74) is 7.01. The molecule has 0 radical (unpaired) electrons. The molecule has 1 rings (SSSR count). The topological polar surface area (TPSA) is 64.3 Å². The normalized spacial score (nSPS) is 10.0. The van der Waals surface area contributed by atoms with E-state index in [1.165, 1.54) is 0 Å². The van der Waals surface area contributed by atoms with Crippen molar-refractivity contribution < 1.29 is 9.53 Å². The number of carbonyl (C=O) groups is 1. The standard InChI is InChI=1S/C11H15ClN2O2/c1-7-5-9(6-8(2)10(7)12)16-11(15)14-4-3-13/h5-6H,3-4,13H2,1-2H3,(H,14,15). The van der Waals surface area contributed by atoms with E-state index in [2.05, 4.69) is 5.32 Å². The molecule has 0 aliphatic heterocycles. The molecule has 4 nitrogen and oxygen atoms in total. The first-order chi connectivity index (χ1) is 7.54. The molecule has 0 aliphatic carbocycles. The van der Waals surface area contributed by atoms with Crippen LogP contribution >= 0.6 is 11.6 Å². The lowest BCUT2D eigenvalue weighted by Crippen LogP contribution is -2.31. The Bertz CT molecular complexity index is 371. The Hall–Kier alpha value is -1.26. The molecule has 1 aromatic rings. The van der Waals surface area contributed by atoms with Crippen molar-refractivity contribution >= 4 is 17.7 Å². The molecule has 5 heteroatoms. The van der Waals surface area contributed by atoms with Crippen LogP contribution in [0, 0.1) is 13.8 Å². The second-order valence-electron chi connectivity index (χ2n) is 3.48. The molecule has 0 aliphatic rings. The van der Waals surface area contributed by atoms with Crippen molar-refractivity contribution in [2.45, 2.75) is 13.8 Å². The summed E-state index contributed by atoms with van der Waals surface area (Å²) >= 11 is 6.00. The van der Waals surface area contributed by atoms with E-state index in [9.17, 15) is 4.79 Å². The van der Waals surface area contributed by atoms with Crippen molar-refractivity contribution in [1.29, 1.82) is 0 Å². The largest absolute Gasteiger partial charge is 0.412 e. The quantitative estimate of drug-likeness (QED) is 0.852. The molecule has 0 spiro atoms. The Morgan fingerprint density at radius 1 is 1.44 bits per heavy atom. The monoisotopic (exact) mass is 242 g/mol. The van der Waals surface area contributed by atoms with Crippen molar-refractivity contribution in [3.8, 4) is 5.75 Å². The zero-order chi connectivity index (χ0) is 12.1. The Morgan fingerprint density at radius 2 is 2.00 bits per heavy atom. The highest BCUT2D eigenvalue weighted by Crippen LogP contribution is 2.25. The van der Waals surface area contributed by atoms with Crippen LogP contribution in [0.2, 0.25) is 5.02 Å². The number of aryl methyl sites for hydroxylation is 2. The van der Waals surface area contributed by atoms with Gasteiger partial charge in [0, 0.05) is 18.1 Å². The number of ether oxygens (including phenoxy) is 1. The van der Waals surface area contributed by atoms with E-state index in [0.29, 0.717) is 23.9 Å². The molecule has 0 saturated heterocycles. The SMILES string of the molecule is Cc1cc(OC(=O)NCCN)cc(C)c1Cl. The zero-order valence-electron chi connectivity index (χ0n) is 9.34. The van der Waals surface area contributed by atoms with Gasteiger partial charge in [0.05, 0.1) is 0 Å². The number of nitrogens with two attached hydrogens (primary N) is 1. The van der Waals surface area contributed by atoms with Crippen LogP contribution in [0.15, 0.2) is 12.1 Å². The summed E-state index contributed by atoms with van der Waals surface area (Å²) in [5, 5.41) is 3.20. The lowest BCUT2D eigenvalue weighted by Gasteiger charge is -2.09. The first-order valence-corrected chi connectivity index (χ1v) is 5.35. The number of hydrogen-bond donors (Lipinski definition) is 2. The van der Waals surface area contributed by atoms with E-state index in [0.717, 1.165) is 11.1 Å². The van der Waals surface area contributed by atoms with Gasteiger partial charge in [-0.15, -0.1) is 0 Å². The van der Waals surface area contributed by atoms with Crippen LogP contribution in [0.3, 0.4) is 0 Å². The third-order valence-electron chi connectivity index (χ3n) is 2.03. The van der Waals surface area contributed by atoms with E-state index in [-0.39, 0.29) is 0 Å². The molecule has 0 saturated carbocycles. The van der Waals surface area contributed by atoms with Crippen molar-refractivity contribution in [1.82, 2.24) is 5.32 Å². The summed E-state index contributed by atoms with van der Waals surface area (Å²) in [6.07, 6.45) is -0.508. The smallest absolute Gasteiger partial charge is 0.410 e. The van der Waals surface area contributed by atoms with Crippen LogP contribution in [-0.2, 0) is 0 Å². The van der Waals surface area contributed by atoms with Crippen LogP contribution in [0.5, 0.6) is 5.75 Å². The highest BCUT2D eigenvalue weighted by atomic mass is 35.5. The third kappa shape index (κ3) is 3.40. The Morgan fingerprint density at radius 3 is 2.50 bits per heavy atom. The highest BCUT2D eigenvalue weighted by Gasteiger charge is 2.07. The fourth-order valence-electron chi connectivity index (χ4n) is 1.28. The maximum atomic E-state index is 11.3. The molecule has 0 unspecified atom stereocenters. The lowest BCUT2D eigenvalue weighted by molar-refractivity contribution is 0.201. The van der Waals surface area contributed by atoms with Crippen LogP contribution in [0.1, 0.15) is 11.1 Å². The molecule has 88 valence electrons. The van der Waals surface area contributed by atoms with Crippen molar-refractivity contribution in [3.05, 3.63) is 28.3 Å². The van der Waals surface area contributed by atoms with Gasteiger partial charge in [0.1, 0.15) is 5.75 Å². The van der Waals surface area contributed by atoms with Gasteiger partial charge in [-0.1, -0.05) is 11.6 Å². The number of carbonyl (C=O) groups excluding carboxylic acids is 1. The summed E-state index contributed by atoms with van der Waals surface area (Å²) in [6.45, 7) is 4.50. The third-order valence-corrected chi connectivity index (χ3v) is 2.63. The summed E-state index contributed by atoms with van der Waals surface area (Å²) in [4.78, 5) is 11.3. The Labute approximate surface area is 99.7 Å². The number of hydrogen-bond acceptors (Lipinski definition) is 3. The van der Waals surface area contributed by atoms with E-state index < -0.39 is 6.09 Å². The van der Waals surface area contributed by atoms with Gasteiger partial charge in [-0.2, -0.15) is 0 Å². The van der Waals surface area contributed by atoms with E-state index in [1.807, 2.05) is 13.8 Å². The Balaban J connectivity index is 2.71. The van der Waals surface area contributed by atoms with Crippen molar-refractivity contribution in [2.24, 2.45) is 5.73 Å². The molecule has 0 fully saturated rings. The maximum Gasteiger partial charge on any atom is 0.412 e. The fourth-order valence-corrected chi connectivity index (χ4v) is 1.39. The molecule has 0 atom stereocenters. The zero-order valence-corrected chi connectivity index (χ0v) is 10.1. The molecule has 0 aromatic heterocycles. The van der Waals surface area contributed by atoms with Gasteiger partial charge in [-0.3, -0.25) is 0 Å². The highest BCUT2D eigenvalue weighted by molar-refractivity contribution is 6.32. The van der Waals surface area contributed by atoms with Crippen molar-refractivity contribution in [2.75, 3.05) is 13.1 Å². The molecule has 3 N–H and O–H groups in total. The van der Waals surface area contributed by atoms with Gasteiger partial charge in [0.2, 0.25) is 0 Å². The predicted octanol–water partition coefficient (Wildman–Crippen LogP) is 2.00. The number of amides is 1. The minimum absolute atomic E-state index is 0.383. The van der Waals surface area contributed by atoms with Crippen molar-refractivity contribution in [3.63, 3.8) is 0 Å². The first-order valence-electron chi connectivity index (χ1n) is 4.97. The molecular weight excluding hydrogens is 228 g/mol. The molecule has 1 aromatic carbocycles. The van der Waals surface area contributed by atoms with Gasteiger partial charge in [-0.25, -0.2) is 4.79 Å². The summed E-state index contributed by atoms with van der Waals surface area (Å²) < 4.78 is 5.07. The molecular formula is C11H15ClN2O2.